The highest BCUT2D eigenvalue weighted by Crippen LogP contribution is 2.36. The molecule has 2 aromatic carbocycles. The van der Waals surface area contributed by atoms with Crippen molar-refractivity contribution in [2.75, 3.05) is 5.32 Å². The molecule has 1 heteroatoms. The lowest BCUT2D eigenvalue weighted by Crippen LogP contribution is -2.23. The van der Waals surface area contributed by atoms with Gasteiger partial charge in [0.15, 0.2) is 0 Å². The molecular weight excluding hydrogens is 254 g/mol. The van der Waals surface area contributed by atoms with Crippen molar-refractivity contribution in [3.8, 4) is 0 Å². The number of nitrogens with one attached hydrogen (secondary N) is 1. The summed E-state index contributed by atoms with van der Waals surface area (Å²) in [5, 5.41) is 3.79. The Morgan fingerprint density at radius 2 is 1.52 bits per heavy atom. The van der Waals surface area contributed by atoms with E-state index in [-0.39, 0.29) is 0 Å². The van der Waals surface area contributed by atoms with Crippen LogP contribution in [-0.2, 0) is 0 Å². The minimum absolute atomic E-state index is 0.439. The summed E-state index contributed by atoms with van der Waals surface area (Å²) in [6.45, 7) is 2.14. The number of hydrogen-bond donors (Lipinski definition) is 1. The topological polar surface area (TPSA) is 12.0 Å². The first kappa shape index (κ1) is 14.2. The van der Waals surface area contributed by atoms with Gasteiger partial charge in [0, 0.05) is 5.69 Å². The van der Waals surface area contributed by atoms with Gasteiger partial charge in [-0.1, -0.05) is 67.3 Å². The van der Waals surface area contributed by atoms with Gasteiger partial charge >= 0.3 is 0 Å². The van der Waals surface area contributed by atoms with Crippen LogP contribution >= 0.6 is 0 Å². The zero-order chi connectivity index (χ0) is 14.5. The minimum Gasteiger partial charge on any atom is -0.378 e. The molecule has 0 aliphatic heterocycles. The highest BCUT2D eigenvalue weighted by molar-refractivity contribution is 5.47. The van der Waals surface area contributed by atoms with Crippen molar-refractivity contribution < 1.29 is 0 Å². The van der Waals surface area contributed by atoms with Gasteiger partial charge in [0.25, 0.3) is 0 Å². The molecule has 0 saturated heterocycles. The molecule has 0 radical (unpaired) electrons. The average Bonchev–Trinajstić information content (AvgIpc) is 2.56. The van der Waals surface area contributed by atoms with Gasteiger partial charge in [-0.05, 0) is 43.4 Å². The van der Waals surface area contributed by atoms with Crippen LogP contribution in [0.25, 0.3) is 0 Å². The van der Waals surface area contributed by atoms with Crippen molar-refractivity contribution in [1.82, 2.24) is 0 Å². The van der Waals surface area contributed by atoms with Crippen molar-refractivity contribution in [3.63, 3.8) is 0 Å². The highest BCUT2D eigenvalue weighted by atomic mass is 14.9. The lowest BCUT2D eigenvalue weighted by Gasteiger charge is -2.32. The SMILES string of the molecule is Cc1ccc(NC(c2ccccc2)C2CCCCC2)cc1. The van der Waals surface area contributed by atoms with Gasteiger partial charge in [-0.3, -0.25) is 0 Å². The van der Waals surface area contributed by atoms with Crippen LogP contribution < -0.4 is 5.32 Å². The Hall–Kier alpha value is -1.76. The van der Waals surface area contributed by atoms with Crippen molar-refractivity contribution in [1.29, 1.82) is 0 Å². The predicted molar refractivity (Wildman–Crippen MR) is 90.6 cm³/mol. The Morgan fingerprint density at radius 3 is 2.19 bits per heavy atom. The number of anilines is 1. The first-order chi connectivity index (χ1) is 10.3. The summed E-state index contributed by atoms with van der Waals surface area (Å²) in [5.74, 6) is 0.752. The maximum absolute atomic E-state index is 3.79. The molecule has 3 rings (SSSR count). The molecule has 1 unspecified atom stereocenters. The fraction of sp³-hybridized carbons (Fsp3) is 0.400. The molecule has 0 spiro atoms. The smallest absolute Gasteiger partial charge is 0.0542 e. The van der Waals surface area contributed by atoms with E-state index in [1.807, 2.05) is 0 Å². The molecule has 0 amide bonds. The van der Waals surface area contributed by atoms with Crippen molar-refractivity contribution in [2.24, 2.45) is 5.92 Å². The van der Waals surface area contributed by atoms with Crippen LogP contribution in [0, 0.1) is 12.8 Å². The highest BCUT2D eigenvalue weighted by Gasteiger charge is 2.24. The molecule has 2 aromatic rings. The van der Waals surface area contributed by atoms with Crippen molar-refractivity contribution in [3.05, 3.63) is 65.7 Å². The lowest BCUT2D eigenvalue weighted by molar-refractivity contribution is 0.321. The molecule has 1 aliphatic carbocycles. The van der Waals surface area contributed by atoms with Crippen LogP contribution in [0.5, 0.6) is 0 Å². The van der Waals surface area contributed by atoms with E-state index in [1.54, 1.807) is 0 Å². The maximum Gasteiger partial charge on any atom is 0.0542 e. The summed E-state index contributed by atoms with van der Waals surface area (Å²) in [4.78, 5) is 0. The molecule has 1 N–H and O–H groups in total. The molecule has 1 aliphatic rings. The van der Waals surface area contributed by atoms with Crippen molar-refractivity contribution in [2.45, 2.75) is 45.1 Å². The summed E-state index contributed by atoms with van der Waals surface area (Å²) < 4.78 is 0. The summed E-state index contributed by atoms with van der Waals surface area (Å²) in [5.41, 5.74) is 3.97. The fourth-order valence-electron chi connectivity index (χ4n) is 3.43. The van der Waals surface area contributed by atoms with Gasteiger partial charge in [0.2, 0.25) is 0 Å². The second kappa shape index (κ2) is 6.80. The summed E-state index contributed by atoms with van der Waals surface area (Å²) in [6.07, 6.45) is 6.85. The summed E-state index contributed by atoms with van der Waals surface area (Å²) >= 11 is 0. The normalized spacial score (nSPS) is 17.4. The van der Waals surface area contributed by atoms with E-state index in [0.717, 1.165) is 5.92 Å². The number of rotatable bonds is 4. The quantitative estimate of drug-likeness (QED) is 0.753. The monoisotopic (exact) mass is 279 g/mol. The third-order valence-corrected chi connectivity index (χ3v) is 4.65. The fourth-order valence-corrected chi connectivity index (χ4v) is 3.43. The Bertz CT molecular complexity index is 538. The van der Waals surface area contributed by atoms with Gasteiger partial charge in [0.1, 0.15) is 0 Å². The number of benzene rings is 2. The Balaban J connectivity index is 1.83. The van der Waals surface area contributed by atoms with Crippen LogP contribution in [0.2, 0.25) is 0 Å². The zero-order valence-electron chi connectivity index (χ0n) is 12.9. The van der Waals surface area contributed by atoms with Crippen LogP contribution in [0.15, 0.2) is 54.6 Å². The Morgan fingerprint density at radius 1 is 0.857 bits per heavy atom. The van der Waals surface area contributed by atoms with Crippen LogP contribution in [-0.4, -0.2) is 0 Å². The van der Waals surface area contributed by atoms with Crippen LogP contribution in [0.3, 0.4) is 0 Å². The standard InChI is InChI=1S/C20H25N/c1-16-12-14-19(15-13-16)21-20(17-8-4-2-5-9-17)18-10-6-3-7-11-18/h2,4-5,8-9,12-15,18,20-21H,3,6-7,10-11H2,1H3. The van der Waals surface area contributed by atoms with Gasteiger partial charge in [0.05, 0.1) is 6.04 Å². The van der Waals surface area contributed by atoms with Crippen molar-refractivity contribution >= 4 is 5.69 Å². The second-order valence-electron chi connectivity index (χ2n) is 6.30. The second-order valence-corrected chi connectivity index (χ2v) is 6.30. The van der Waals surface area contributed by atoms with Gasteiger partial charge < -0.3 is 5.32 Å². The van der Waals surface area contributed by atoms with E-state index < -0.39 is 0 Å². The van der Waals surface area contributed by atoms with E-state index in [1.165, 1.54) is 48.9 Å². The summed E-state index contributed by atoms with van der Waals surface area (Å²) in [7, 11) is 0. The maximum atomic E-state index is 3.79. The van der Waals surface area contributed by atoms with Gasteiger partial charge in [-0.15, -0.1) is 0 Å². The minimum atomic E-state index is 0.439. The molecule has 1 fully saturated rings. The molecule has 1 saturated carbocycles. The van der Waals surface area contributed by atoms with Crippen LogP contribution in [0.1, 0.15) is 49.3 Å². The van der Waals surface area contributed by atoms with Gasteiger partial charge in [-0.25, -0.2) is 0 Å². The van der Waals surface area contributed by atoms with Gasteiger partial charge in [-0.2, -0.15) is 0 Å². The third kappa shape index (κ3) is 3.66. The number of aryl methyl sites for hydroxylation is 1. The molecular formula is C20H25N. The van der Waals surface area contributed by atoms with E-state index in [2.05, 4.69) is 66.8 Å². The first-order valence-electron chi connectivity index (χ1n) is 8.21. The molecule has 0 bridgehead atoms. The largest absolute Gasteiger partial charge is 0.378 e. The van der Waals surface area contributed by atoms with E-state index in [9.17, 15) is 0 Å². The summed E-state index contributed by atoms with van der Waals surface area (Å²) in [6, 6.07) is 20.2. The molecule has 0 heterocycles. The first-order valence-corrected chi connectivity index (χ1v) is 8.21. The molecule has 21 heavy (non-hydrogen) atoms. The Kier molecular flexibility index (Phi) is 4.59. The zero-order valence-corrected chi connectivity index (χ0v) is 12.9. The lowest BCUT2D eigenvalue weighted by atomic mass is 9.81. The number of hydrogen-bond acceptors (Lipinski definition) is 1. The molecule has 1 nitrogen and oxygen atoms in total. The molecule has 1 atom stereocenters. The average molecular weight is 279 g/mol. The predicted octanol–water partition coefficient (Wildman–Crippen LogP) is 5.73. The molecule has 0 aromatic heterocycles. The van der Waals surface area contributed by atoms with E-state index in [0.29, 0.717) is 6.04 Å². The third-order valence-electron chi connectivity index (χ3n) is 4.65. The molecule has 110 valence electrons. The van der Waals surface area contributed by atoms with Crippen LogP contribution in [0.4, 0.5) is 5.69 Å². The van der Waals surface area contributed by atoms with E-state index >= 15 is 0 Å². The Labute approximate surface area is 128 Å². The van der Waals surface area contributed by atoms with E-state index in [4.69, 9.17) is 0 Å².